The van der Waals surface area contributed by atoms with E-state index < -0.39 is 17.6 Å². The van der Waals surface area contributed by atoms with Crippen molar-refractivity contribution < 1.29 is 24.2 Å². The number of amides is 2. The summed E-state index contributed by atoms with van der Waals surface area (Å²) in [6.07, 6.45) is 3.01. The van der Waals surface area contributed by atoms with E-state index in [1.165, 1.54) is 0 Å². The molecule has 0 bridgehead atoms. The van der Waals surface area contributed by atoms with Crippen LogP contribution < -0.4 is 5.32 Å². The Hall–Kier alpha value is -3.35. The van der Waals surface area contributed by atoms with E-state index in [1.807, 2.05) is 24.3 Å². The molecule has 2 N–H and O–H groups in total. The molecule has 33 heavy (non-hydrogen) atoms. The molecule has 2 amide bonds. The Labute approximate surface area is 192 Å². The fraction of sp³-hybridized carbons (Fsp3) is 0.423. The van der Waals surface area contributed by atoms with Crippen molar-refractivity contribution in [1.29, 1.82) is 0 Å². The molecular formula is C26H28N2O5. The Morgan fingerprint density at radius 1 is 1.00 bits per heavy atom. The zero-order valence-electron chi connectivity index (χ0n) is 18.5. The van der Waals surface area contributed by atoms with Gasteiger partial charge in [-0.1, -0.05) is 48.5 Å². The lowest BCUT2D eigenvalue weighted by molar-refractivity contribution is -0.144. The molecule has 2 saturated carbocycles. The molecule has 0 atom stereocenters. The van der Waals surface area contributed by atoms with Crippen molar-refractivity contribution in [2.24, 2.45) is 0 Å². The summed E-state index contributed by atoms with van der Waals surface area (Å²) in [7, 11) is 0. The first-order valence-electron chi connectivity index (χ1n) is 11.6. The first kappa shape index (κ1) is 21.5. The molecule has 0 aromatic heterocycles. The second-order valence-corrected chi connectivity index (χ2v) is 9.26. The Morgan fingerprint density at radius 2 is 1.61 bits per heavy atom. The number of hydrogen-bond acceptors (Lipinski definition) is 4. The summed E-state index contributed by atoms with van der Waals surface area (Å²) in [5.41, 5.74) is 3.60. The van der Waals surface area contributed by atoms with Crippen molar-refractivity contribution in [2.45, 2.75) is 56.0 Å². The number of nitrogens with one attached hydrogen (secondary N) is 1. The summed E-state index contributed by atoms with van der Waals surface area (Å²) in [5, 5.41) is 11.9. The lowest BCUT2D eigenvalue weighted by Crippen LogP contribution is -2.64. The van der Waals surface area contributed by atoms with E-state index in [2.05, 4.69) is 29.6 Å². The fourth-order valence-corrected chi connectivity index (χ4v) is 5.08. The Kier molecular flexibility index (Phi) is 5.56. The number of fused-ring (bicyclic) bond motifs is 3. The summed E-state index contributed by atoms with van der Waals surface area (Å²) >= 11 is 0. The van der Waals surface area contributed by atoms with E-state index in [4.69, 9.17) is 9.84 Å². The summed E-state index contributed by atoms with van der Waals surface area (Å²) in [6, 6.07) is 16.4. The second kappa shape index (κ2) is 8.54. The zero-order chi connectivity index (χ0) is 23.0. The third kappa shape index (κ3) is 4.08. The van der Waals surface area contributed by atoms with Gasteiger partial charge in [0.1, 0.15) is 12.1 Å². The number of alkyl carbamates (subject to hydrolysis) is 1. The summed E-state index contributed by atoms with van der Waals surface area (Å²) in [6.45, 7) is 0.364. The molecule has 3 aliphatic rings. The Bertz CT molecular complexity index is 1040. The molecule has 7 heteroatoms. The van der Waals surface area contributed by atoms with Crippen molar-refractivity contribution in [3.05, 3.63) is 59.7 Å². The van der Waals surface area contributed by atoms with E-state index in [1.54, 1.807) is 4.90 Å². The molecule has 0 spiro atoms. The second-order valence-electron chi connectivity index (χ2n) is 9.26. The van der Waals surface area contributed by atoms with Gasteiger partial charge >= 0.3 is 12.1 Å². The van der Waals surface area contributed by atoms with Crippen LogP contribution in [-0.4, -0.2) is 52.7 Å². The van der Waals surface area contributed by atoms with Crippen LogP contribution in [-0.2, 0) is 14.3 Å². The molecule has 2 aromatic carbocycles. The number of carbonyl (C=O) groups excluding carboxylic acids is 2. The molecule has 0 aliphatic heterocycles. The lowest BCUT2D eigenvalue weighted by Gasteiger charge is -2.43. The minimum Gasteiger partial charge on any atom is -0.481 e. The van der Waals surface area contributed by atoms with Crippen molar-refractivity contribution >= 4 is 18.0 Å². The average molecular weight is 449 g/mol. The van der Waals surface area contributed by atoms with Crippen LogP contribution in [0.4, 0.5) is 4.79 Å². The van der Waals surface area contributed by atoms with Gasteiger partial charge in [0.2, 0.25) is 5.91 Å². The number of carbonyl (C=O) groups is 3. The maximum Gasteiger partial charge on any atom is 0.408 e. The highest BCUT2D eigenvalue weighted by Crippen LogP contribution is 2.44. The number of benzene rings is 2. The number of hydrogen-bond donors (Lipinski definition) is 2. The topological polar surface area (TPSA) is 95.9 Å². The highest BCUT2D eigenvalue weighted by atomic mass is 16.5. The minimum atomic E-state index is -0.982. The number of aliphatic carboxylic acids is 1. The maximum absolute atomic E-state index is 13.3. The van der Waals surface area contributed by atoms with Gasteiger partial charge in [-0.15, -0.1) is 0 Å². The van der Waals surface area contributed by atoms with Crippen LogP contribution in [0.3, 0.4) is 0 Å². The molecule has 0 unspecified atom stereocenters. The van der Waals surface area contributed by atoms with Gasteiger partial charge < -0.3 is 20.1 Å². The summed E-state index contributed by atoms with van der Waals surface area (Å²) < 4.78 is 5.66. The number of rotatable bonds is 8. The minimum absolute atomic E-state index is 0.0466. The van der Waals surface area contributed by atoms with Crippen molar-refractivity contribution in [2.75, 3.05) is 13.2 Å². The van der Waals surface area contributed by atoms with E-state index in [0.29, 0.717) is 12.8 Å². The van der Waals surface area contributed by atoms with E-state index in [-0.39, 0.29) is 37.4 Å². The number of carboxylic acids is 1. The third-order valence-electron chi connectivity index (χ3n) is 7.12. The first-order valence-corrected chi connectivity index (χ1v) is 11.6. The van der Waals surface area contributed by atoms with Crippen LogP contribution >= 0.6 is 0 Å². The summed E-state index contributed by atoms with van der Waals surface area (Å²) in [5.74, 6) is -1.15. The monoisotopic (exact) mass is 448 g/mol. The zero-order valence-corrected chi connectivity index (χ0v) is 18.5. The fourth-order valence-electron chi connectivity index (χ4n) is 5.08. The highest BCUT2D eigenvalue weighted by molar-refractivity contribution is 5.91. The molecule has 0 heterocycles. The van der Waals surface area contributed by atoms with E-state index >= 15 is 0 Å². The summed E-state index contributed by atoms with van der Waals surface area (Å²) in [4.78, 5) is 38.8. The van der Waals surface area contributed by atoms with Crippen LogP contribution in [0.1, 0.15) is 55.6 Å². The predicted octanol–water partition coefficient (Wildman–Crippen LogP) is 3.91. The first-order chi connectivity index (χ1) is 16.0. The number of ether oxygens (including phenoxy) is 1. The van der Waals surface area contributed by atoms with Gasteiger partial charge in [0.15, 0.2) is 0 Å². The van der Waals surface area contributed by atoms with Crippen molar-refractivity contribution in [1.82, 2.24) is 10.2 Å². The standard InChI is InChI=1S/C26H28N2O5/c29-23(30)12-15-28(17-10-11-17)24(31)26(13-5-14-26)27-25(32)33-16-22-20-8-3-1-6-18(20)19-7-2-4-9-21(19)22/h1-4,6-9,17,22H,5,10-16H2,(H,27,32)(H,29,30). The molecular weight excluding hydrogens is 420 g/mol. The smallest absolute Gasteiger partial charge is 0.408 e. The molecule has 0 radical (unpaired) electrons. The van der Waals surface area contributed by atoms with Gasteiger partial charge in [-0.2, -0.15) is 0 Å². The van der Waals surface area contributed by atoms with Crippen LogP contribution in [0.2, 0.25) is 0 Å². The molecule has 7 nitrogen and oxygen atoms in total. The number of nitrogens with zero attached hydrogens (tertiary/aromatic N) is 1. The molecule has 5 rings (SSSR count). The van der Waals surface area contributed by atoms with Gasteiger partial charge in [0, 0.05) is 18.5 Å². The van der Waals surface area contributed by atoms with Gasteiger partial charge in [0.25, 0.3) is 0 Å². The molecule has 2 fully saturated rings. The molecule has 0 saturated heterocycles. The predicted molar refractivity (Wildman–Crippen MR) is 122 cm³/mol. The van der Waals surface area contributed by atoms with Crippen LogP contribution in [0, 0.1) is 0 Å². The SMILES string of the molecule is O=C(O)CCN(C(=O)C1(NC(=O)OCC2c3ccccc3-c3ccccc32)CCC1)C1CC1. The highest BCUT2D eigenvalue weighted by Gasteiger charge is 2.50. The largest absolute Gasteiger partial charge is 0.481 e. The van der Waals surface area contributed by atoms with Crippen LogP contribution in [0.25, 0.3) is 11.1 Å². The van der Waals surface area contributed by atoms with Gasteiger partial charge in [-0.25, -0.2) is 4.79 Å². The average Bonchev–Trinajstić information content (AvgIpc) is 3.57. The van der Waals surface area contributed by atoms with Crippen LogP contribution in [0.5, 0.6) is 0 Å². The lowest BCUT2D eigenvalue weighted by atomic mass is 9.75. The maximum atomic E-state index is 13.3. The van der Waals surface area contributed by atoms with Crippen molar-refractivity contribution in [3.8, 4) is 11.1 Å². The van der Waals surface area contributed by atoms with Gasteiger partial charge in [-0.05, 0) is 54.4 Å². The quantitative estimate of drug-likeness (QED) is 0.638. The Morgan fingerprint density at radius 3 is 2.12 bits per heavy atom. The Balaban J connectivity index is 1.26. The van der Waals surface area contributed by atoms with Crippen LogP contribution in [0.15, 0.2) is 48.5 Å². The van der Waals surface area contributed by atoms with Gasteiger partial charge in [0.05, 0.1) is 6.42 Å². The van der Waals surface area contributed by atoms with E-state index in [0.717, 1.165) is 41.5 Å². The molecule has 172 valence electrons. The van der Waals surface area contributed by atoms with E-state index in [9.17, 15) is 14.4 Å². The molecule has 3 aliphatic carbocycles. The van der Waals surface area contributed by atoms with Crippen molar-refractivity contribution in [3.63, 3.8) is 0 Å². The molecule has 2 aromatic rings. The number of carboxylic acid groups (broad SMARTS) is 1. The van der Waals surface area contributed by atoms with Gasteiger partial charge in [-0.3, -0.25) is 9.59 Å². The third-order valence-corrected chi connectivity index (χ3v) is 7.12. The normalized spacial score (nSPS) is 17.9.